The molecule has 0 saturated carbocycles. The summed E-state index contributed by atoms with van der Waals surface area (Å²) in [5.41, 5.74) is 7.93. The molecular formula is C17H17BrO. The van der Waals surface area contributed by atoms with E-state index in [1.54, 1.807) is 0 Å². The van der Waals surface area contributed by atoms with Crippen LogP contribution in [0, 0.1) is 13.8 Å². The molecule has 19 heavy (non-hydrogen) atoms. The van der Waals surface area contributed by atoms with Crippen molar-refractivity contribution in [2.24, 2.45) is 0 Å². The lowest BCUT2D eigenvalue weighted by atomic mass is 9.98. The van der Waals surface area contributed by atoms with Gasteiger partial charge in [0, 0.05) is 0 Å². The van der Waals surface area contributed by atoms with Gasteiger partial charge in [0.05, 0.1) is 18.0 Å². The van der Waals surface area contributed by atoms with E-state index in [4.69, 9.17) is 4.74 Å². The van der Waals surface area contributed by atoms with Gasteiger partial charge >= 0.3 is 0 Å². The number of ether oxygens (including phenoxy) is 1. The second-order valence-corrected chi connectivity index (χ2v) is 6.14. The summed E-state index contributed by atoms with van der Waals surface area (Å²) in [6, 6.07) is 13.3. The van der Waals surface area contributed by atoms with Crippen LogP contribution in [-0.4, -0.2) is 0 Å². The van der Waals surface area contributed by atoms with Gasteiger partial charge in [-0.25, -0.2) is 0 Å². The maximum atomic E-state index is 5.47. The monoisotopic (exact) mass is 316 g/mol. The molecule has 2 heteroatoms. The van der Waals surface area contributed by atoms with Crippen LogP contribution in [0.25, 0.3) is 0 Å². The lowest BCUT2D eigenvalue weighted by molar-refractivity contribution is 0.134. The van der Waals surface area contributed by atoms with Gasteiger partial charge in [-0.3, -0.25) is 0 Å². The van der Waals surface area contributed by atoms with Crippen molar-refractivity contribution in [1.29, 1.82) is 0 Å². The fourth-order valence-corrected chi connectivity index (χ4v) is 3.03. The van der Waals surface area contributed by atoms with E-state index in [0.717, 1.165) is 13.2 Å². The van der Waals surface area contributed by atoms with Crippen LogP contribution in [0.4, 0.5) is 0 Å². The minimum atomic E-state index is 0.248. The first-order valence-corrected chi connectivity index (χ1v) is 7.47. The fourth-order valence-electron chi connectivity index (χ4n) is 2.46. The highest BCUT2D eigenvalue weighted by molar-refractivity contribution is 9.09. The Morgan fingerprint density at radius 1 is 0.895 bits per heavy atom. The van der Waals surface area contributed by atoms with Crippen molar-refractivity contribution < 1.29 is 4.74 Å². The summed E-state index contributed by atoms with van der Waals surface area (Å²) >= 11 is 3.82. The fraction of sp³-hybridized carbons (Fsp3) is 0.294. The van der Waals surface area contributed by atoms with Crippen molar-refractivity contribution in [3.05, 3.63) is 69.8 Å². The van der Waals surface area contributed by atoms with Gasteiger partial charge in [0.2, 0.25) is 0 Å². The van der Waals surface area contributed by atoms with Gasteiger partial charge in [-0.15, -0.1) is 0 Å². The standard InChI is InChI=1S/C17H17BrO/c1-11-3-4-13(7-12(11)2)17(18)14-5-6-15-9-19-10-16(15)8-14/h3-8,17H,9-10H2,1-2H3. The third-order valence-electron chi connectivity index (χ3n) is 3.86. The zero-order valence-electron chi connectivity index (χ0n) is 11.2. The largest absolute Gasteiger partial charge is 0.372 e. The van der Waals surface area contributed by atoms with Crippen LogP contribution < -0.4 is 0 Å². The van der Waals surface area contributed by atoms with Crippen molar-refractivity contribution in [2.45, 2.75) is 31.9 Å². The van der Waals surface area contributed by atoms with Crippen molar-refractivity contribution in [3.8, 4) is 0 Å². The van der Waals surface area contributed by atoms with E-state index >= 15 is 0 Å². The number of fused-ring (bicyclic) bond motifs is 1. The molecule has 1 aliphatic heterocycles. The SMILES string of the molecule is Cc1ccc(C(Br)c2ccc3c(c2)COC3)cc1C. The molecule has 0 bridgehead atoms. The molecule has 0 fully saturated rings. The molecule has 0 aromatic heterocycles. The number of hydrogen-bond donors (Lipinski definition) is 0. The molecule has 0 N–H and O–H groups in total. The number of halogens is 1. The highest BCUT2D eigenvalue weighted by Crippen LogP contribution is 2.34. The van der Waals surface area contributed by atoms with Crippen molar-refractivity contribution in [2.75, 3.05) is 0 Å². The molecule has 0 amide bonds. The Morgan fingerprint density at radius 3 is 2.37 bits per heavy atom. The highest BCUT2D eigenvalue weighted by atomic mass is 79.9. The van der Waals surface area contributed by atoms with E-state index in [2.05, 4.69) is 66.2 Å². The van der Waals surface area contributed by atoms with Gasteiger partial charge in [0.15, 0.2) is 0 Å². The number of hydrogen-bond acceptors (Lipinski definition) is 1. The lowest BCUT2D eigenvalue weighted by Crippen LogP contribution is -1.96. The molecule has 1 nitrogen and oxygen atoms in total. The van der Waals surface area contributed by atoms with Crippen LogP contribution in [0.3, 0.4) is 0 Å². The first-order valence-electron chi connectivity index (χ1n) is 6.56. The van der Waals surface area contributed by atoms with E-state index in [-0.39, 0.29) is 4.83 Å². The normalized spacial score (nSPS) is 15.3. The van der Waals surface area contributed by atoms with Crippen molar-refractivity contribution in [3.63, 3.8) is 0 Å². The molecule has 3 rings (SSSR count). The van der Waals surface area contributed by atoms with E-state index in [9.17, 15) is 0 Å². The Hall–Kier alpha value is -1.12. The topological polar surface area (TPSA) is 9.23 Å². The summed E-state index contributed by atoms with van der Waals surface area (Å²) < 4.78 is 5.47. The first-order chi connectivity index (χ1) is 9.15. The van der Waals surface area contributed by atoms with Crippen molar-refractivity contribution in [1.82, 2.24) is 0 Å². The molecule has 0 saturated heterocycles. The summed E-state index contributed by atoms with van der Waals surface area (Å²) in [7, 11) is 0. The average Bonchev–Trinajstić information content (AvgIpc) is 2.88. The molecule has 1 aliphatic rings. The second-order valence-electron chi connectivity index (χ2n) is 5.23. The first kappa shape index (κ1) is 12.9. The van der Waals surface area contributed by atoms with Crippen LogP contribution >= 0.6 is 15.9 Å². The Kier molecular flexibility index (Phi) is 3.46. The second kappa shape index (κ2) is 5.10. The molecule has 0 aliphatic carbocycles. The van der Waals surface area contributed by atoms with Gasteiger partial charge in [-0.1, -0.05) is 52.3 Å². The van der Waals surface area contributed by atoms with E-state index in [0.29, 0.717) is 0 Å². The summed E-state index contributed by atoms with van der Waals surface area (Å²) in [4.78, 5) is 0.248. The van der Waals surface area contributed by atoms with E-state index < -0.39 is 0 Å². The third-order valence-corrected chi connectivity index (χ3v) is 4.92. The van der Waals surface area contributed by atoms with Crippen LogP contribution in [0.1, 0.15) is 38.2 Å². The van der Waals surface area contributed by atoms with Crippen LogP contribution in [0.15, 0.2) is 36.4 Å². The van der Waals surface area contributed by atoms with Gasteiger partial charge in [0.1, 0.15) is 0 Å². The van der Waals surface area contributed by atoms with Crippen LogP contribution in [-0.2, 0) is 18.0 Å². The molecular weight excluding hydrogens is 300 g/mol. The summed E-state index contributed by atoms with van der Waals surface area (Å²) in [6.07, 6.45) is 0. The highest BCUT2D eigenvalue weighted by Gasteiger charge is 2.16. The minimum absolute atomic E-state index is 0.248. The zero-order valence-corrected chi connectivity index (χ0v) is 12.8. The van der Waals surface area contributed by atoms with Gasteiger partial charge in [-0.05, 0) is 47.2 Å². The van der Waals surface area contributed by atoms with Crippen molar-refractivity contribution >= 4 is 15.9 Å². The quantitative estimate of drug-likeness (QED) is 0.722. The molecule has 1 heterocycles. The summed E-state index contributed by atoms with van der Waals surface area (Å²) in [6.45, 7) is 5.81. The third kappa shape index (κ3) is 2.47. The molecule has 2 aromatic rings. The lowest BCUT2D eigenvalue weighted by Gasteiger charge is -2.13. The molecule has 2 aromatic carbocycles. The van der Waals surface area contributed by atoms with Crippen LogP contribution in [0.5, 0.6) is 0 Å². The Labute approximate surface area is 122 Å². The van der Waals surface area contributed by atoms with Gasteiger partial charge in [0.25, 0.3) is 0 Å². The Balaban J connectivity index is 1.94. The molecule has 0 spiro atoms. The predicted molar refractivity (Wildman–Crippen MR) is 81.6 cm³/mol. The van der Waals surface area contributed by atoms with E-state index in [1.165, 1.54) is 33.4 Å². The smallest absolute Gasteiger partial charge is 0.0725 e. The molecule has 1 atom stereocenters. The predicted octanol–water partition coefficient (Wildman–Crippen LogP) is 4.82. The molecule has 0 radical (unpaired) electrons. The molecule has 98 valence electrons. The maximum absolute atomic E-state index is 5.47. The number of alkyl halides is 1. The van der Waals surface area contributed by atoms with Gasteiger partial charge in [-0.2, -0.15) is 0 Å². The maximum Gasteiger partial charge on any atom is 0.0725 e. The Morgan fingerprint density at radius 2 is 1.58 bits per heavy atom. The minimum Gasteiger partial charge on any atom is -0.372 e. The van der Waals surface area contributed by atoms with E-state index in [1.807, 2.05) is 0 Å². The number of rotatable bonds is 2. The summed E-state index contributed by atoms with van der Waals surface area (Å²) in [5, 5.41) is 0. The number of aryl methyl sites for hydroxylation is 2. The summed E-state index contributed by atoms with van der Waals surface area (Å²) in [5.74, 6) is 0. The average molecular weight is 317 g/mol. The Bertz CT molecular complexity index is 619. The van der Waals surface area contributed by atoms with Gasteiger partial charge < -0.3 is 4.74 Å². The zero-order chi connectivity index (χ0) is 13.4. The number of benzene rings is 2. The molecule has 1 unspecified atom stereocenters. The van der Waals surface area contributed by atoms with Crippen LogP contribution in [0.2, 0.25) is 0 Å².